The van der Waals surface area contributed by atoms with Gasteiger partial charge in [-0.15, -0.1) is 0 Å². The van der Waals surface area contributed by atoms with Crippen LogP contribution in [-0.2, 0) is 6.42 Å². The molecule has 0 fully saturated rings. The smallest absolute Gasteiger partial charge is 0.279 e. The largest absolute Gasteiger partial charge is 0.324 e. The molecule has 0 amide bonds. The van der Waals surface area contributed by atoms with Crippen LogP contribution in [-0.4, -0.2) is 9.85 Å². The maximum Gasteiger partial charge on any atom is 0.279 e. The number of nitrogens with zero attached hydrogens (tertiary/aromatic N) is 2. The molecule has 1 unspecified atom stereocenters. The second-order valence-electron chi connectivity index (χ2n) is 4.55. The highest BCUT2D eigenvalue weighted by Crippen LogP contribution is 2.27. The van der Waals surface area contributed by atoms with Crippen molar-refractivity contribution < 1.29 is 9.85 Å². The third-order valence-corrected chi connectivity index (χ3v) is 3.14. The van der Waals surface area contributed by atoms with E-state index in [0.717, 1.165) is 11.6 Å². The van der Waals surface area contributed by atoms with E-state index in [0.29, 0.717) is 5.56 Å². The maximum absolute atomic E-state index is 11.1. The van der Waals surface area contributed by atoms with Gasteiger partial charge in [0.1, 0.15) is 0 Å². The van der Waals surface area contributed by atoms with E-state index in [-0.39, 0.29) is 17.8 Å². The lowest BCUT2D eigenvalue weighted by Crippen LogP contribution is -2.14. The highest BCUT2D eigenvalue weighted by molar-refractivity contribution is 5.49. The molecule has 0 aromatic heterocycles. The van der Waals surface area contributed by atoms with Crippen LogP contribution in [0.5, 0.6) is 0 Å². The van der Waals surface area contributed by atoms with Crippen LogP contribution < -0.4 is 5.73 Å². The standard InChI is InChI=1S/C14H13N3O4/c15-13(10-4-2-1-3-5-10)8-11-6-7-12(16(18)19)9-14(11)17(20)21/h1-7,9,13H,8,15H2. The van der Waals surface area contributed by atoms with Gasteiger partial charge in [0.2, 0.25) is 0 Å². The molecule has 0 aliphatic heterocycles. The summed E-state index contributed by atoms with van der Waals surface area (Å²) in [5.41, 5.74) is 6.68. The molecule has 2 N–H and O–H groups in total. The second kappa shape index (κ2) is 6.10. The van der Waals surface area contributed by atoms with Crippen molar-refractivity contribution >= 4 is 11.4 Å². The summed E-state index contributed by atoms with van der Waals surface area (Å²) in [7, 11) is 0. The summed E-state index contributed by atoms with van der Waals surface area (Å²) in [6, 6.07) is 12.4. The van der Waals surface area contributed by atoms with Gasteiger partial charge < -0.3 is 5.73 Å². The van der Waals surface area contributed by atoms with Crippen LogP contribution in [0.15, 0.2) is 48.5 Å². The van der Waals surface area contributed by atoms with Gasteiger partial charge in [0.15, 0.2) is 0 Å². The van der Waals surface area contributed by atoms with Gasteiger partial charge >= 0.3 is 0 Å². The molecule has 0 saturated heterocycles. The summed E-state index contributed by atoms with van der Waals surface area (Å²) in [5, 5.41) is 21.7. The van der Waals surface area contributed by atoms with Crippen molar-refractivity contribution in [2.45, 2.75) is 12.5 Å². The van der Waals surface area contributed by atoms with Crippen molar-refractivity contribution in [3.63, 3.8) is 0 Å². The molecule has 0 spiro atoms. The van der Waals surface area contributed by atoms with E-state index in [1.54, 1.807) is 0 Å². The fourth-order valence-electron chi connectivity index (χ4n) is 2.06. The quantitative estimate of drug-likeness (QED) is 0.671. The van der Waals surface area contributed by atoms with Crippen LogP contribution in [0, 0.1) is 20.2 Å². The Balaban J connectivity index is 2.31. The van der Waals surface area contributed by atoms with Gasteiger partial charge in [0.05, 0.1) is 15.9 Å². The number of hydrogen-bond acceptors (Lipinski definition) is 5. The highest BCUT2D eigenvalue weighted by atomic mass is 16.6. The Labute approximate surface area is 120 Å². The maximum atomic E-state index is 11.1. The zero-order valence-corrected chi connectivity index (χ0v) is 11.0. The van der Waals surface area contributed by atoms with Gasteiger partial charge in [-0.1, -0.05) is 30.3 Å². The molecule has 0 radical (unpaired) electrons. The number of nitro benzene ring substituents is 2. The molecule has 0 heterocycles. The summed E-state index contributed by atoms with van der Waals surface area (Å²) in [5.74, 6) is 0. The average Bonchev–Trinajstić information content (AvgIpc) is 2.48. The normalized spacial score (nSPS) is 11.9. The summed E-state index contributed by atoms with van der Waals surface area (Å²) < 4.78 is 0. The van der Waals surface area contributed by atoms with Gasteiger partial charge in [-0.05, 0) is 18.1 Å². The first kappa shape index (κ1) is 14.6. The molecule has 21 heavy (non-hydrogen) atoms. The minimum atomic E-state index is -0.659. The molecule has 0 bridgehead atoms. The number of non-ortho nitro benzene ring substituents is 1. The molecular weight excluding hydrogens is 274 g/mol. The monoisotopic (exact) mass is 287 g/mol. The number of nitrogens with two attached hydrogens (primary N) is 1. The lowest BCUT2D eigenvalue weighted by Gasteiger charge is -2.12. The minimum Gasteiger partial charge on any atom is -0.324 e. The van der Waals surface area contributed by atoms with Crippen LogP contribution in [0.2, 0.25) is 0 Å². The van der Waals surface area contributed by atoms with Crippen molar-refractivity contribution in [3.05, 3.63) is 79.9 Å². The Morgan fingerprint density at radius 2 is 1.67 bits per heavy atom. The van der Waals surface area contributed by atoms with E-state index in [2.05, 4.69) is 0 Å². The van der Waals surface area contributed by atoms with Crippen LogP contribution in [0.4, 0.5) is 11.4 Å². The van der Waals surface area contributed by atoms with Crippen LogP contribution in [0.3, 0.4) is 0 Å². The van der Waals surface area contributed by atoms with E-state index in [1.165, 1.54) is 12.1 Å². The van der Waals surface area contributed by atoms with Gasteiger partial charge in [0.25, 0.3) is 11.4 Å². The summed E-state index contributed by atoms with van der Waals surface area (Å²) in [6.45, 7) is 0. The first-order chi connectivity index (χ1) is 9.99. The fraction of sp³-hybridized carbons (Fsp3) is 0.143. The highest BCUT2D eigenvalue weighted by Gasteiger charge is 2.21. The molecule has 7 nitrogen and oxygen atoms in total. The summed E-state index contributed by atoms with van der Waals surface area (Å²) in [4.78, 5) is 20.5. The van der Waals surface area contributed by atoms with E-state index in [1.807, 2.05) is 30.3 Å². The molecule has 0 aliphatic rings. The van der Waals surface area contributed by atoms with Crippen molar-refractivity contribution in [1.82, 2.24) is 0 Å². The number of benzene rings is 2. The minimum absolute atomic E-state index is 0.234. The lowest BCUT2D eigenvalue weighted by atomic mass is 9.98. The molecule has 2 rings (SSSR count). The SMILES string of the molecule is NC(Cc1ccc([N+](=O)[O-])cc1[N+](=O)[O-])c1ccccc1. The Kier molecular flexibility index (Phi) is 4.24. The Morgan fingerprint density at radius 3 is 2.24 bits per heavy atom. The van der Waals surface area contributed by atoms with Crippen molar-refractivity contribution in [3.8, 4) is 0 Å². The molecule has 7 heteroatoms. The predicted octanol–water partition coefficient (Wildman–Crippen LogP) is 2.75. The second-order valence-corrected chi connectivity index (χ2v) is 4.55. The molecule has 2 aromatic carbocycles. The lowest BCUT2D eigenvalue weighted by molar-refractivity contribution is -0.394. The van der Waals surface area contributed by atoms with E-state index >= 15 is 0 Å². The van der Waals surface area contributed by atoms with Gasteiger partial charge in [0, 0.05) is 17.7 Å². The Bertz CT molecular complexity index is 673. The Morgan fingerprint density at radius 1 is 1.00 bits per heavy atom. The van der Waals surface area contributed by atoms with Gasteiger partial charge in [-0.25, -0.2) is 0 Å². The first-order valence-electron chi connectivity index (χ1n) is 6.21. The van der Waals surface area contributed by atoms with Crippen molar-refractivity contribution in [2.75, 3.05) is 0 Å². The third-order valence-electron chi connectivity index (χ3n) is 3.14. The number of hydrogen-bond donors (Lipinski definition) is 1. The number of nitro groups is 2. The van der Waals surface area contributed by atoms with Gasteiger partial charge in [-0.3, -0.25) is 20.2 Å². The summed E-state index contributed by atoms with van der Waals surface area (Å²) >= 11 is 0. The molecule has 2 aromatic rings. The Hall–Kier alpha value is -2.80. The van der Waals surface area contributed by atoms with E-state index in [9.17, 15) is 20.2 Å². The first-order valence-corrected chi connectivity index (χ1v) is 6.21. The molecule has 0 aliphatic carbocycles. The average molecular weight is 287 g/mol. The molecular formula is C14H13N3O4. The summed E-state index contributed by atoms with van der Waals surface area (Å²) in [6.07, 6.45) is 0.234. The van der Waals surface area contributed by atoms with Crippen LogP contribution in [0.25, 0.3) is 0 Å². The van der Waals surface area contributed by atoms with E-state index < -0.39 is 15.9 Å². The fourth-order valence-corrected chi connectivity index (χ4v) is 2.06. The third kappa shape index (κ3) is 3.40. The van der Waals surface area contributed by atoms with E-state index in [4.69, 9.17) is 5.73 Å². The number of rotatable bonds is 5. The zero-order valence-electron chi connectivity index (χ0n) is 11.0. The predicted molar refractivity (Wildman–Crippen MR) is 76.8 cm³/mol. The van der Waals surface area contributed by atoms with Crippen LogP contribution >= 0.6 is 0 Å². The molecule has 1 atom stereocenters. The zero-order chi connectivity index (χ0) is 15.4. The topological polar surface area (TPSA) is 112 Å². The molecule has 108 valence electrons. The van der Waals surface area contributed by atoms with Crippen LogP contribution in [0.1, 0.15) is 17.2 Å². The van der Waals surface area contributed by atoms with Crippen molar-refractivity contribution in [1.29, 1.82) is 0 Å². The molecule has 0 saturated carbocycles. The van der Waals surface area contributed by atoms with Gasteiger partial charge in [-0.2, -0.15) is 0 Å². The van der Waals surface area contributed by atoms with Crippen molar-refractivity contribution in [2.24, 2.45) is 5.73 Å².